The van der Waals surface area contributed by atoms with Crippen molar-refractivity contribution >= 4 is 5.91 Å². The Morgan fingerprint density at radius 2 is 2.28 bits per heavy atom. The lowest BCUT2D eigenvalue weighted by molar-refractivity contribution is -0.127. The van der Waals surface area contributed by atoms with Crippen molar-refractivity contribution in [1.82, 2.24) is 20.2 Å². The van der Waals surface area contributed by atoms with E-state index in [0.717, 1.165) is 30.8 Å². The topological polar surface area (TPSA) is 58.1 Å². The molecular formula is C13H20N4O. The standard InChI is InChI=1S/C13H20N4O/c1-10-7-15-11(8-14-10)9-16-13(18)12-5-3-4-6-17(12)2/h7-8,12H,3-6,9H2,1-2H3,(H,16,18)/t12-/m0/s1. The summed E-state index contributed by atoms with van der Waals surface area (Å²) in [5.74, 6) is 0.0968. The van der Waals surface area contributed by atoms with Crippen LogP contribution >= 0.6 is 0 Å². The molecule has 0 radical (unpaired) electrons. The molecule has 1 atom stereocenters. The predicted octanol–water partition coefficient (Wildman–Crippen LogP) is 0.886. The normalized spacial score (nSPS) is 20.7. The van der Waals surface area contributed by atoms with Gasteiger partial charge in [-0.2, -0.15) is 0 Å². The van der Waals surface area contributed by atoms with Crippen molar-refractivity contribution in [3.8, 4) is 0 Å². The van der Waals surface area contributed by atoms with Crippen LogP contribution in [0.2, 0.25) is 0 Å². The molecule has 0 bridgehead atoms. The summed E-state index contributed by atoms with van der Waals surface area (Å²) in [7, 11) is 2.01. The van der Waals surface area contributed by atoms with Crippen LogP contribution in [-0.4, -0.2) is 40.4 Å². The van der Waals surface area contributed by atoms with Crippen LogP contribution in [0.4, 0.5) is 0 Å². The number of nitrogens with one attached hydrogen (secondary N) is 1. The van der Waals surface area contributed by atoms with Gasteiger partial charge in [0.15, 0.2) is 0 Å². The fourth-order valence-corrected chi connectivity index (χ4v) is 2.21. The quantitative estimate of drug-likeness (QED) is 0.863. The molecule has 1 aromatic heterocycles. The van der Waals surface area contributed by atoms with E-state index in [1.807, 2.05) is 14.0 Å². The molecule has 1 aliphatic heterocycles. The first-order valence-corrected chi connectivity index (χ1v) is 6.42. The fourth-order valence-electron chi connectivity index (χ4n) is 2.21. The third kappa shape index (κ3) is 3.26. The van der Waals surface area contributed by atoms with Gasteiger partial charge in [0, 0.05) is 6.20 Å². The zero-order chi connectivity index (χ0) is 13.0. The Labute approximate surface area is 108 Å². The van der Waals surface area contributed by atoms with Crippen LogP contribution < -0.4 is 5.32 Å². The van der Waals surface area contributed by atoms with Gasteiger partial charge < -0.3 is 5.32 Å². The first-order chi connectivity index (χ1) is 8.66. The van der Waals surface area contributed by atoms with Crippen LogP contribution in [0.25, 0.3) is 0 Å². The lowest BCUT2D eigenvalue weighted by Gasteiger charge is -2.31. The number of nitrogens with zero attached hydrogens (tertiary/aromatic N) is 3. The SMILES string of the molecule is Cc1cnc(CNC(=O)[C@@H]2CCCCN2C)cn1. The molecular weight excluding hydrogens is 228 g/mol. The van der Waals surface area contributed by atoms with Crippen molar-refractivity contribution in [2.45, 2.75) is 38.8 Å². The number of amides is 1. The summed E-state index contributed by atoms with van der Waals surface area (Å²) in [6, 6.07) is 0.0113. The molecule has 2 rings (SSSR count). The van der Waals surface area contributed by atoms with E-state index < -0.39 is 0 Å². The van der Waals surface area contributed by atoms with E-state index in [-0.39, 0.29) is 11.9 Å². The highest BCUT2D eigenvalue weighted by atomic mass is 16.2. The minimum Gasteiger partial charge on any atom is -0.349 e. The van der Waals surface area contributed by atoms with Crippen molar-refractivity contribution < 1.29 is 4.79 Å². The van der Waals surface area contributed by atoms with Gasteiger partial charge >= 0.3 is 0 Å². The second-order valence-electron chi connectivity index (χ2n) is 4.86. The molecule has 0 saturated carbocycles. The van der Waals surface area contributed by atoms with Crippen molar-refractivity contribution in [3.63, 3.8) is 0 Å². The number of carbonyl (C=O) groups excluding carboxylic acids is 1. The van der Waals surface area contributed by atoms with Gasteiger partial charge in [0.1, 0.15) is 0 Å². The number of hydrogen-bond acceptors (Lipinski definition) is 4. The van der Waals surface area contributed by atoms with Gasteiger partial charge in [-0.1, -0.05) is 6.42 Å². The molecule has 1 aliphatic rings. The predicted molar refractivity (Wildman–Crippen MR) is 68.9 cm³/mol. The number of aromatic nitrogens is 2. The summed E-state index contributed by atoms with van der Waals surface area (Å²) in [6.07, 6.45) is 6.69. The number of hydrogen-bond donors (Lipinski definition) is 1. The Morgan fingerprint density at radius 3 is 2.94 bits per heavy atom. The average molecular weight is 248 g/mol. The molecule has 0 unspecified atom stereocenters. The van der Waals surface area contributed by atoms with Crippen LogP contribution in [0.1, 0.15) is 30.7 Å². The summed E-state index contributed by atoms with van der Waals surface area (Å²) in [6.45, 7) is 3.35. The minimum atomic E-state index is 0.0113. The van der Waals surface area contributed by atoms with Crippen LogP contribution in [0.5, 0.6) is 0 Å². The molecule has 1 fully saturated rings. The van der Waals surface area contributed by atoms with Gasteiger partial charge in [-0.25, -0.2) is 0 Å². The highest BCUT2D eigenvalue weighted by Gasteiger charge is 2.25. The molecule has 5 nitrogen and oxygen atoms in total. The fraction of sp³-hybridized carbons (Fsp3) is 0.615. The largest absolute Gasteiger partial charge is 0.349 e. The molecule has 1 aromatic rings. The highest BCUT2D eigenvalue weighted by Crippen LogP contribution is 2.14. The van der Waals surface area contributed by atoms with Crippen molar-refractivity contribution in [1.29, 1.82) is 0 Å². The average Bonchev–Trinajstić information content (AvgIpc) is 2.38. The highest BCUT2D eigenvalue weighted by molar-refractivity contribution is 5.81. The number of aryl methyl sites for hydroxylation is 1. The monoisotopic (exact) mass is 248 g/mol. The van der Waals surface area contributed by atoms with Crippen molar-refractivity contribution in [2.75, 3.05) is 13.6 Å². The number of likely N-dealkylation sites (tertiary alicyclic amines) is 1. The zero-order valence-electron chi connectivity index (χ0n) is 11.0. The van der Waals surface area contributed by atoms with Gasteiger partial charge in [-0.05, 0) is 33.4 Å². The maximum absolute atomic E-state index is 12.0. The van der Waals surface area contributed by atoms with Crippen LogP contribution in [0.15, 0.2) is 12.4 Å². The Balaban J connectivity index is 1.85. The van der Waals surface area contributed by atoms with E-state index in [2.05, 4.69) is 20.2 Å². The molecule has 0 spiro atoms. The maximum Gasteiger partial charge on any atom is 0.237 e. The summed E-state index contributed by atoms with van der Waals surface area (Å²) in [5, 5.41) is 2.94. The maximum atomic E-state index is 12.0. The molecule has 0 aliphatic carbocycles. The van der Waals surface area contributed by atoms with E-state index in [4.69, 9.17) is 0 Å². The van der Waals surface area contributed by atoms with Crippen LogP contribution in [0, 0.1) is 6.92 Å². The second-order valence-corrected chi connectivity index (χ2v) is 4.86. The Bertz CT molecular complexity index is 404. The summed E-state index contributed by atoms with van der Waals surface area (Å²) in [4.78, 5) is 22.6. The molecule has 1 amide bonds. The van der Waals surface area contributed by atoms with Crippen LogP contribution in [-0.2, 0) is 11.3 Å². The molecule has 18 heavy (non-hydrogen) atoms. The number of rotatable bonds is 3. The third-order valence-electron chi connectivity index (χ3n) is 3.35. The van der Waals surface area contributed by atoms with E-state index in [0.29, 0.717) is 6.54 Å². The summed E-state index contributed by atoms with van der Waals surface area (Å²) < 4.78 is 0. The Kier molecular flexibility index (Phi) is 4.25. The molecule has 5 heteroatoms. The first-order valence-electron chi connectivity index (χ1n) is 6.42. The zero-order valence-corrected chi connectivity index (χ0v) is 11.0. The molecule has 98 valence electrons. The van der Waals surface area contributed by atoms with Gasteiger partial charge in [-0.15, -0.1) is 0 Å². The third-order valence-corrected chi connectivity index (χ3v) is 3.35. The van der Waals surface area contributed by atoms with Gasteiger partial charge in [0.05, 0.1) is 30.2 Å². The Hall–Kier alpha value is -1.49. The van der Waals surface area contributed by atoms with Crippen LogP contribution in [0.3, 0.4) is 0 Å². The molecule has 1 N–H and O–H groups in total. The summed E-state index contributed by atoms with van der Waals surface area (Å²) in [5.41, 5.74) is 1.68. The summed E-state index contributed by atoms with van der Waals surface area (Å²) >= 11 is 0. The number of carbonyl (C=O) groups is 1. The van der Waals surface area contributed by atoms with E-state index in [1.54, 1.807) is 12.4 Å². The van der Waals surface area contributed by atoms with Gasteiger partial charge in [0.2, 0.25) is 5.91 Å². The van der Waals surface area contributed by atoms with Gasteiger partial charge in [-0.3, -0.25) is 19.7 Å². The number of piperidine rings is 1. The molecule has 0 aromatic carbocycles. The van der Waals surface area contributed by atoms with Crippen molar-refractivity contribution in [3.05, 3.63) is 23.8 Å². The lowest BCUT2D eigenvalue weighted by atomic mass is 10.0. The Morgan fingerprint density at radius 1 is 1.44 bits per heavy atom. The second kappa shape index (κ2) is 5.91. The van der Waals surface area contributed by atoms with E-state index in [1.165, 1.54) is 6.42 Å². The van der Waals surface area contributed by atoms with Gasteiger partial charge in [0.25, 0.3) is 0 Å². The molecule has 2 heterocycles. The lowest BCUT2D eigenvalue weighted by Crippen LogP contribution is -2.47. The minimum absolute atomic E-state index is 0.0113. The first kappa shape index (κ1) is 13.0. The van der Waals surface area contributed by atoms with E-state index in [9.17, 15) is 4.79 Å². The molecule has 1 saturated heterocycles. The number of likely N-dealkylation sites (N-methyl/N-ethyl adjacent to an activating group) is 1. The van der Waals surface area contributed by atoms with Crippen molar-refractivity contribution in [2.24, 2.45) is 0 Å². The van der Waals surface area contributed by atoms with E-state index >= 15 is 0 Å². The smallest absolute Gasteiger partial charge is 0.237 e.